The molecule has 0 N–H and O–H groups in total. The van der Waals surface area contributed by atoms with E-state index in [9.17, 15) is 0 Å². The van der Waals surface area contributed by atoms with Gasteiger partial charge in [0.2, 0.25) is 0 Å². The van der Waals surface area contributed by atoms with Gasteiger partial charge in [-0.15, -0.1) is 0 Å². The molecule has 1 rings (SSSR count). The third kappa shape index (κ3) is 4.05. The Kier molecular flexibility index (Phi) is 5.33. The average Bonchev–Trinajstić information content (AvgIpc) is 2.14. The molecule has 1 unspecified atom stereocenters. The Morgan fingerprint density at radius 3 is 3.17 bits per heavy atom. The third-order valence-corrected chi connectivity index (χ3v) is 3.53. The fraction of sp³-hybridized carbons (Fsp3) is 0.800. The molecule has 1 fully saturated rings. The van der Waals surface area contributed by atoms with Crippen molar-refractivity contribution >= 4 is 11.8 Å². The van der Waals surface area contributed by atoms with Crippen molar-refractivity contribution in [2.24, 2.45) is 5.92 Å². The van der Waals surface area contributed by atoms with Crippen LogP contribution in [0.15, 0.2) is 12.8 Å². The molecule has 0 spiro atoms. The summed E-state index contributed by atoms with van der Waals surface area (Å²) in [5, 5.41) is 0. The standard InChI is InChI=1S/C10H18OS/c1-2-11-7-3-5-10-6-4-8-12-9-10/h2,10H,1,3-9H2. The molecule has 1 aliphatic heterocycles. The first-order valence-electron chi connectivity index (χ1n) is 4.73. The number of rotatable bonds is 5. The van der Waals surface area contributed by atoms with Crippen molar-refractivity contribution in [3.8, 4) is 0 Å². The zero-order chi connectivity index (χ0) is 8.65. The topological polar surface area (TPSA) is 9.23 Å². The van der Waals surface area contributed by atoms with Gasteiger partial charge < -0.3 is 4.74 Å². The molecule has 1 nitrogen and oxygen atoms in total. The molecule has 0 amide bonds. The van der Waals surface area contributed by atoms with Gasteiger partial charge in [0.1, 0.15) is 0 Å². The number of thioether (sulfide) groups is 1. The van der Waals surface area contributed by atoms with Gasteiger partial charge in [-0.3, -0.25) is 0 Å². The molecule has 0 aromatic heterocycles. The van der Waals surface area contributed by atoms with Gasteiger partial charge >= 0.3 is 0 Å². The second-order valence-corrected chi connectivity index (χ2v) is 4.41. The fourth-order valence-electron chi connectivity index (χ4n) is 1.57. The number of hydrogen-bond acceptors (Lipinski definition) is 2. The maximum atomic E-state index is 5.08. The Hall–Kier alpha value is -0.110. The van der Waals surface area contributed by atoms with Gasteiger partial charge in [-0.05, 0) is 43.1 Å². The minimum atomic E-state index is 0.852. The Morgan fingerprint density at radius 1 is 1.58 bits per heavy atom. The van der Waals surface area contributed by atoms with E-state index in [0.717, 1.165) is 12.5 Å². The highest BCUT2D eigenvalue weighted by molar-refractivity contribution is 7.99. The quantitative estimate of drug-likeness (QED) is 0.482. The summed E-state index contributed by atoms with van der Waals surface area (Å²) in [6.45, 7) is 4.37. The van der Waals surface area contributed by atoms with E-state index in [0.29, 0.717) is 0 Å². The van der Waals surface area contributed by atoms with Crippen molar-refractivity contribution in [3.63, 3.8) is 0 Å². The highest BCUT2D eigenvalue weighted by atomic mass is 32.2. The lowest BCUT2D eigenvalue weighted by Crippen LogP contribution is -2.10. The van der Waals surface area contributed by atoms with Gasteiger partial charge in [0.15, 0.2) is 0 Å². The van der Waals surface area contributed by atoms with Gasteiger partial charge in [0.05, 0.1) is 12.9 Å². The average molecular weight is 186 g/mol. The molecule has 0 bridgehead atoms. The molecule has 1 atom stereocenters. The van der Waals surface area contributed by atoms with E-state index in [4.69, 9.17) is 4.74 Å². The Morgan fingerprint density at radius 2 is 2.50 bits per heavy atom. The highest BCUT2D eigenvalue weighted by Gasteiger charge is 2.12. The lowest BCUT2D eigenvalue weighted by atomic mass is 10.00. The lowest BCUT2D eigenvalue weighted by molar-refractivity contribution is 0.234. The predicted octanol–water partition coefficient (Wildman–Crippen LogP) is 3.07. The maximum Gasteiger partial charge on any atom is 0.0873 e. The Balaban J connectivity index is 1.94. The van der Waals surface area contributed by atoms with E-state index in [1.165, 1.54) is 43.5 Å². The molecule has 0 radical (unpaired) electrons. The molecule has 1 heterocycles. The van der Waals surface area contributed by atoms with E-state index in [2.05, 4.69) is 18.3 Å². The molecule has 0 saturated carbocycles. The summed E-state index contributed by atoms with van der Waals surface area (Å²) in [4.78, 5) is 0. The second-order valence-electron chi connectivity index (χ2n) is 3.26. The van der Waals surface area contributed by atoms with E-state index in [1.54, 1.807) is 0 Å². The summed E-state index contributed by atoms with van der Waals surface area (Å²) in [5.41, 5.74) is 0. The first kappa shape index (κ1) is 9.97. The first-order valence-corrected chi connectivity index (χ1v) is 5.89. The van der Waals surface area contributed by atoms with Crippen LogP contribution in [0.2, 0.25) is 0 Å². The molecule has 1 aliphatic rings. The summed E-state index contributed by atoms with van der Waals surface area (Å²) in [6.07, 6.45) is 6.91. The van der Waals surface area contributed by atoms with Gasteiger partial charge in [0.25, 0.3) is 0 Å². The first-order chi connectivity index (χ1) is 5.93. The van der Waals surface area contributed by atoms with Crippen molar-refractivity contribution in [2.45, 2.75) is 25.7 Å². The SMILES string of the molecule is C=COCCCC1CCCSC1. The van der Waals surface area contributed by atoms with Crippen molar-refractivity contribution < 1.29 is 4.74 Å². The zero-order valence-corrected chi connectivity index (χ0v) is 8.44. The van der Waals surface area contributed by atoms with Crippen LogP contribution >= 0.6 is 11.8 Å². The van der Waals surface area contributed by atoms with Crippen LogP contribution in [0, 0.1) is 5.92 Å². The summed E-state index contributed by atoms with van der Waals surface area (Å²) >= 11 is 2.11. The number of ether oxygens (including phenoxy) is 1. The molecule has 0 aromatic rings. The molecule has 2 heteroatoms. The van der Waals surface area contributed by atoms with Gasteiger partial charge in [-0.2, -0.15) is 11.8 Å². The molecule has 0 aliphatic carbocycles. The van der Waals surface area contributed by atoms with Crippen LogP contribution in [0.1, 0.15) is 25.7 Å². The van der Waals surface area contributed by atoms with Crippen LogP contribution in [-0.4, -0.2) is 18.1 Å². The van der Waals surface area contributed by atoms with Crippen LogP contribution < -0.4 is 0 Å². The van der Waals surface area contributed by atoms with Crippen LogP contribution in [0.4, 0.5) is 0 Å². The molecule has 0 aromatic carbocycles. The minimum Gasteiger partial charge on any atom is -0.502 e. The summed E-state index contributed by atoms with van der Waals surface area (Å²) in [5.74, 6) is 3.70. The van der Waals surface area contributed by atoms with Crippen molar-refractivity contribution in [1.82, 2.24) is 0 Å². The normalized spacial score (nSPS) is 23.5. The Bertz CT molecular complexity index is 119. The summed E-state index contributed by atoms with van der Waals surface area (Å²) < 4.78 is 5.08. The molecular weight excluding hydrogens is 168 g/mol. The predicted molar refractivity (Wildman–Crippen MR) is 55.4 cm³/mol. The molecular formula is C10H18OS. The van der Waals surface area contributed by atoms with Gasteiger partial charge in [-0.1, -0.05) is 6.58 Å². The van der Waals surface area contributed by atoms with Gasteiger partial charge in [0, 0.05) is 0 Å². The second kappa shape index (κ2) is 6.41. The summed E-state index contributed by atoms with van der Waals surface area (Å²) in [6, 6.07) is 0. The van der Waals surface area contributed by atoms with E-state index in [-0.39, 0.29) is 0 Å². The highest BCUT2D eigenvalue weighted by Crippen LogP contribution is 2.25. The van der Waals surface area contributed by atoms with Crippen molar-refractivity contribution in [2.75, 3.05) is 18.1 Å². The van der Waals surface area contributed by atoms with Crippen LogP contribution in [0.5, 0.6) is 0 Å². The maximum absolute atomic E-state index is 5.08. The van der Waals surface area contributed by atoms with E-state index in [1.807, 2.05) is 0 Å². The number of hydrogen-bond donors (Lipinski definition) is 0. The monoisotopic (exact) mass is 186 g/mol. The van der Waals surface area contributed by atoms with E-state index >= 15 is 0 Å². The zero-order valence-electron chi connectivity index (χ0n) is 7.63. The molecule has 12 heavy (non-hydrogen) atoms. The minimum absolute atomic E-state index is 0.852. The lowest BCUT2D eigenvalue weighted by Gasteiger charge is -2.20. The third-order valence-electron chi connectivity index (χ3n) is 2.25. The fourth-order valence-corrected chi connectivity index (χ4v) is 2.78. The summed E-state index contributed by atoms with van der Waals surface area (Å²) in [7, 11) is 0. The molecule has 1 saturated heterocycles. The van der Waals surface area contributed by atoms with Crippen molar-refractivity contribution in [3.05, 3.63) is 12.8 Å². The Labute approximate surface area is 79.6 Å². The molecule has 70 valence electrons. The van der Waals surface area contributed by atoms with Crippen molar-refractivity contribution in [1.29, 1.82) is 0 Å². The van der Waals surface area contributed by atoms with E-state index < -0.39 is 0 Å². The smallest absolute Gasteiger partial charge is 0.0873 e. The largest absolute Gasteiger partial charge is 0.502 e. The van der Waals surface area contributed by atoms with Crippen LogP contribution in [-0.2, 0) is 4.74 Å². The van der Waals surface area contributed by atoms with Gasteiger partial charge in [-0.25, -0.2) is 0 Å². The van der Waals surface area contributed by atoms with Crippen LogP contribution in [0.25, 0.3) is 0 Å². The van der Waals surface area contributed by atoms with Crippen LogP contribution in [0.3, 0.4) is 0 Å².